The van der Waals surface area contributed by atoms with E-state index >= 15 is 0 Å². The Balaban J connectivity index is 2.13. The fourth-order valence-corrected chi connectivity index (χ4v) is 2.63. The lowest BCUT2D eigenvalue weighted by Gasteiger charge is -2.06. The third-order valence-corrected chi connectivity index (χ3v) is 4.31. The van der Waals surface area contributed by atoms with Gasteiger partial charge in [-0.25, -0.2) is 9.37 Å². The number of hydrogen-bond acceptors (Lipinski definition) is 3. The second kappa shape index (κ2) is 4.72. The van der Waals surface area contributed by atoms with Crippen LogP contribution in [0.2, 0.25) is 0 Å². The zero-order chi connectivity index (χ0) is 14.4. The van der Waals surface area contributed by atoms with Crippen LogP contribution in [0.1, 0.15) is 11.3 Å². The molecule has 1 aromatic carbocycles. The molecule has 2 heterocycles. The molecule has 7 heteroatoms. The molecular formula is C13H13FIN5. The number of halogens is 2. The highest BCUT2D eigenvalue weighted by Gasteiger charge is 2.13. The van der Waals surface area contributed by atoms with Crippen molar-refractivity contribution >= 4 is 39.6 Å². The minimum absolute atomic E-state index is 0.262. The standard InChI is InChI=1S/C13H13FIN5/c1-7-8(5-17-19(7)2)6-20-12-3-9(14)10(15)4-11(12)18-13(20)16/h3-5H,6H2,1-2H3,(H2,16,18). The van der Waals surface area contributed by atoms with Crippen molar-refractivity contribution in [3.63, 3.8) is 0 Å². The Bertz CT molecular complexity index is 805. The van der Waals surface area contributed by atoms with Gasteiger partial charge in [-0.15, -0.1) is 0 Å². The summed E-state index contributed by atoms with van der Waals surface area (Å²) in [6.07, 6.45) is 1.80. The minimum Gasteiger partial charge on any atom is -0.369 e. The molecule has 20 heavy (non-hydrogen) atoms. The van der Waals surface area contributed by atoms with Gasteiger partial charge in [0.25, 0.3) is 0 Å². The van der Waals surface area contributed by atoms with Gasteiger partial charge in [-0.2, -0.15) is 5.10 Å². The number of anilines is 1. The predicted molar refractivity (Wildman–Crippen MR) is 83.9 cm³/mol. The lowest BCUT2D eigenvalue weighted by Crippen LogP contribution is -2.05. The molecule has 2 N–H and O–H groups in total. The summed E-state index contributed by atoms with van der Waals surface area (Å²) in [7, 11) is 1.89. The number of hydrogen-bond donors (Lipinski definition) is 1. The molecule has 5 nitrogen and oxygen atoms in total. The third kappa shape index (κ3) is 2.05. The molecule has 0 saturated heterocycles. The summed E-state index contributed by atoms with van der Waals surface area (Å²) in [4.78, 5) is 4.29. The van der Waals surface area contributed by atoms with Gasteiger partial charge in [-0.1, -0.05) is 0 Å². The maximum absolute atomic E-state index is 13.8. The Morgan fingerprint density at radius 2 is 2.15 bits per heavy atom. The molecule has 0 atom stereocenters. The molecule has 0 aliphatic heterocycles. The van der Waals surface area contributed by atoms with Gasteiger partial charge in [0, 0.05) is 24.4 Å². The van der Waals surface area contributed by atoms with Crippen molar-refractivity contribution < 1.29 is 4.39 Å². The predicted octanol–water partition coefficient (Wildman–Crippen LogP) is 2.45. The Hall–Kier alpha value is -1.64. The van der Waals surface area contributed by atoms with Crippen molar-refractivity contribution in [1.82, 2.24) is 19.3 Å². The first kappa shape index (κ1) is 13.3. The first-order valence-electron chi connectivity index (χ1n) is 6.05. The Morgan fingerprint density at radius 1 is 1.40 bits per heavy atom. The third-order valence-electron chi connectivity index (χ3n) is 3.49. The first-order valence-corrected chi connectivity index (χ1v) is 7.13. The van der Waals surface area contributed by atoms with Gasteiger partial charge in [0.2, 0.25) is 5.95 Å². The monoisotopic (exact) mass is 385 g/mol. The van der Waals surface area contributed by atoms with Gasteiger partial charge < -0.3 is 10.3 Å². The average Bonchev–Trinajstić information content (AvgIpc) is 2.86. The molecular weight excluding hydrogens is 372 g/mol. The Kier molecular flexibility index (Phi) is 3.15. The van der Waals surface area contributed by atoms with Gasteiger partial charge in [0.1, 0.15) is 5.82 Å². The van der Waals surface area contributed by atoms with E-state index in [1.165, 1.54) is 6.07 Å². The van der Waals surface area contributed by atoms with E-state index in [0.717, 1.165) is 11.3 Å². The van der Waals surface area contributed by atoms with Crippen LogP contribution >= 0.6 is 22.6 Å². The number of nitrogen functional groups attached to an aromatic ring is 1. The van der Waals surface area contributed by atoms with Crippen LogP contribution in [0.4, 0.5) is 10.3 Å². The number of nitrogens with zero attached hydrogens (tertiary/aromatic N) is 4. The average molecular weight is 385 g/mol. The number of benzene rings is 1. The van der Waals surface area contributed by atoms with Crippen LogP contribution in [0.5, 0.6) is 0 Å². The van der Waals surface area contributed by atoms with Crippen LogP contribution in [0.3, 0.4) is 0 Å². The summed E-state index contributed by atoms with van der Waals surface area (Å²) in [5, 5.41) is 4.20. The van der Waals surface area contributed by atoms with Gasteiger partial charge in [-0.05, 0) is 35.6 Å². The van der Waals surface area contributed by atoms with Gasteiger partial charge >= 0.3 is 0 Å². The van der Waals surface area contributed by atoms with E-state index in [0.29, 0.717) is 27.1 Å². The quantitative estimate of drug-likeness (QED) is 0.690. The molecule has 3 rings (SSSR count). The maximum Gasteiger partial charge on any atom is 0.201 e. The van der Waals surface area contributed by atoms with Crippen molar-refractivity contribution in [2.75, 3.05) is 5.73 Å². The summed E-state index contributed by atoms with van der Waals surface area (Å²) >= 11 is 1.95. The number of nitrogens with two attached hydrogens (primary N) is 1. The molecule has 0 radical (unpaired) electrons. The lowest BCUT2D eigenvalue weighted by molar-refractivity contribution is 0.621. The van der Waals surface area contributed by atoms with Crippen LogP contribution in [-0.4, -0.2) is 19.3 Å². The number of aromatic nitrogens is 4. The largest absolute Gasteiger partial charge is 0.369 e. The smallest absolute Gasteiger partial charge is 0.201 e. The highest BCUT2D eigenvalue weighted by atomic mass is 127. The fourth-order valence-electron chi connectivity index (χ4n) is 2.17. The van der Waals surface area contributed by atoms with E-state index in [2.05, 4.69) is 10.1 Å². The lowest BCUT2D eigenvalue weighted by atomic mass is 10.2. The molecule has 0 spiro atoms. The van der Waals surface area contributed by atoms with Crippen molar-refractivity contribution in [2.24, 2.45) is 7.05 Å². The summed E-state index contributed by atoms with van der Waals surface area (Å²) < 4.78 is 17.9. The second-order valence-corrected chi connectivity index (χ2v) is 5.85. The Morgan fingerprint density at radius 3 is 2.80 bits per heavy atom. The van der Waals surface area contributed by atoms with Crippen LogP contribution in [0, 0.1) is 16.3 Å². The minimum atomic E-state index is -0.262. The summed E-state index contributed by atoms with van der Waals surface area (Å²) in [6.45, 7) is 2.52. The molecule has 0 unspecified atom stereocenters. The van der Waals surface area contributed by atoms with Crippen LogP contribution in [0.25, 0.3) is 11.0 Å². The van der Waals surface area contributed by atoms with Gasteiger partial charge in [0.05, 0.1) is 27.3 Å². The summed E-state index contributed by atoms with van der Waals surface area (Å²) in [5.41, 5.74) is 9.45. The van der Waals surface area contributed by atoms with Crippen molar-refractivity contribution in [2.45, 2.75) is 13.5 Å². The van der Waals surface area contributed by atoms with E-state index in [9.17, 15) is 4.39 Å². The normalized spacial score (nSPS) is 11.4. The molecule has 0 aliphatic carbocycles. The molecule has 3 aromatic rings. The van der Waals surface area contributed by atoms with E-state index in [-0.39, 0.29) is 5.82 Å². The van der Waals surface area contributed by atoms with Crippen molar-refractivity contribution in [1.29, 1.82) is 0 Å². The highest BCUT2D eigenvalue weighted by molar-refractivity contribution is 14.1. The van der Waals surface area contributed by atoms with Crippen molar-refractivity contribution in [3.05, 3.63) is 39.0 Å². The molecule has 104 valence electrons. The molecule has 0 saturated carbocycles. The molecule has 0 amide bonds. The number of imidazole rings is 1. The molecule has 0 fully saturated rings. The fraction of sp³-hybridized carbons (Fsp3) is 0.231. The van der Waals surface area contributed by atoms with Gasteiger partial charge in [-0.3, -0.25) is 4.68 Å². The highest BCUT2D eigenvalue weighted by Crippen LogP contribution is 2.24. The van der Waals surface area contributed by atoms with E-state index in [1.54, 1.807) is 21.5 Å². The Labute approximate surface area is 128 Å². The SMILES string of the molecule is Cc1c(Cn2c(N)nc3cc(I)c(F)cc32)cnn1C. The zero-order valence-corrected chi connectivity index (χ0v) is 13.2. The first-order chi connectivity index (χ1) is 9.47. The maximum atomic E-state index is 13.8. The van der Waals surface area contributed by atoms with Gasteiger partial charge in [0.15, 0.2) is 0 Å². The van der Waals surface area contributed by atoms with E-state index in [4.69, 9.17) is 5.73 Å². The zero-order valence-electron chi connectivity index (χ0n) is 11.1. The van der Waals surface area contributed by atoms with E-state index < -0.39 is 0 Å². The second-order valence-electron chi connectivity index (χ2n) is 4.69. The molecule has 0 bridgehead atoms. The summed E-state index contributed by atoms with van der Waals surface area (Å²) in [5.74, 6) is 0.117. The van der Waals surface area contributed by atoms with Crippen LogP contribution in [0.15, 0.2) is 18.3 Å². The molecule has 2 aromatic heterocycles. The van der Waals surface area contributed by atoms with Crippen LogP contribution in [-0.2, 0) is 13.6 Å². The van der Waals surface area contributed by atoms with Crippen LogP contribution < -0.4 is 5.73 Å². The van der Waals surface area contributed by atoms with E-state index in [1.807, 2.05) is 36.6 Å². The summed E-state index contributed by atoms with van der Waals surface area (Å²) in [6, 6.07) is 3.18. The number of rotatable bonds is 2. The topological polar surface area (TPSA) is 61.7 Å². The van der Waals surface area contributed by atoms with Crippen molar-refractivity contribution in [3.8, 4) is 0 Å². The number of fused-ring (bicyclic) bond motifs is 1. The molecule has 0 aliphatic rings. The number of aryl methyl sites for hydroxylation is 1.